The van der Waals surface area contributed by atoms with E-state index in [0.29, 0.717) is 43.3 Å². The van der Waals surface area contributed by atoms with E-state index in [9.17, 15) is 14.7 Å². The van der Waals surface area contributed by atoms with E-state index in [1.807, 2.05) is 4.90 Å². The number of carbonyl (C=O) groups is 2. The van der Waals surface area contributed by atoms with Crippen molar-refractivity contribution in [1.29, 1.82) is 0 Å². The molecule has 3 aliphatic rings. The summed E-state index contributed by atoms with van der Waals surface area (Å²) in [7, 11) is 0. The molecule has 5 rings (SSSR count). The molecule has 1 fully saturated rings. The normalized spacial score (nSPS) is 21.2. The Labute approximate surface area is 212 Å². The molecule has 2 aromatic rings. The molecule has 0 radical (unpaired) electrons. The van der Waals surface area contributed by atoms with Crippen LogP contribution in [0, 0.1) is 0 Å². The maximum atomic E-state index is 13.3. The van der Waals surface area contributed by atoms with Gasteiger partial charge in [-0.2, -0.15) is 0 Å². The minimum atomic E-state index is -0.640. The van der Waals surface area contributed by atoms with Crippen LogP contribution in [-0.2, 0) is 17.8 Å². The van der Waals surface area contributed by atoms with E-state index in [1.54, 1.807) is 30.0 Å². The Morgan fingerprint density at radius 3 is 2.81 bits per heavy atom. The fourth-order valence-electron chi connectivity index (χ4n) is 5.42. The standard InChI is InChI=1S/C28H35N3O5/c1-20(32)30-11-4-7-25(19-30)36-24-8-9-26-27(15-24)35-14-13-31(28(26)34)18-23(33)17-29-12-10-21-5-2-3-6-22(21)16-29/h2-3,5-6,8-9,15,23,25,33H,4,7,10-14,16-19H2,1H3. The molecular weight excluding hydrogens is 458 g/mol. The maximum Gasteiger partial charge on any atom is 0.257 e. The van der Waals surface area contributed by atoms with Gasteiger partial charge in [0.05, 0.1) is 24.8 Å². The highest BCUT2D eigenvalue weighted by Gasteiger charge is 2.28. The third-order valence-electron chi connectivity index (χ3n) is 7.33. The van der Waals surface area contributed by atoms with Crippen molar-refractivity contribution in [3.05, 3.63) is 59.2 Å². The van der Waals surface area contributed by atoms with E-state index in [1.165, 1.54) is 11.1 Å². The van der Waals surface area contributed by atoms with Gasteiger partial charge in [-0.3, -0.25) is 14.5 Å². The molecule has 192 valence electrons. The van der Waals surface area contributed by atoms with Crippen molar-refractivity contribution in [2.45, 2.75) is 44.9 Å². The number of amides is 2. The Balaban J connectivity index is 1.19. The molecule has 8 nitrogen and oxygen atoms in total. The topological polar surface area (TPSA) is 82.6 Å². The van der Waals surface area contributed by atoms with Crippen LogP contribution in [0.15, 0.2) is 42.5 Å². The number of rotatable bonds is 6. The fraction of sp³-hybridized carbons (Fsp3) is 0.500. The average Bonchev–Trinajstić information content (AvgIpc) is 3.02. The molecule has 0 aromatic heterocycles. The van der Waals surface area contributed by atoms with Gasteiger partial charge in [-0.25, -0.2) is 0 Å². The smallest absolute Gasteiger partial charge is 0.257 e. The molecule has 0 bridgehead atoms. The summed E-state index contributed by atoms with van der Waals surface area (Å²) in [5.41, 5.74) is 3.17. The molecule has 3 heterocycles. The second kappa shape index (κ2) is 10.9. The highest BCUT2D eigenvalue weighted by atomic mass is 16.5. The van der Waals surface area contributed by atoms with Crippen LogP contribution in [-0.4, -0.2) is 89.7 Å². The summed E-state index contributed by atoms with van der Waals surface area (Å²) in [4.78, 5) is 30.7. The van der Waals surface area contributed by atoms with Gasteiger partial charge in [0.15, 0.2) is 0 Å². The van der Waals surface area contributed by atoms with Crippen LogP contribution < -0.4 is 9.47 Å². The van der Waals surface area contributed by atoms with Crippen molar-refractivity contribution in [2.75, 3.05) is 45.9 Å². The molecule has 2 unspecified atom stereocenters. The minimum Gasteiger partial charge on any atom is -0.491 e. The highest BCUT2D eigenvalue weighted by Crippen LogP contribution is 2.30. The third-order valence-corrected chi connectivity index (χ3v) is 7.33. The van der Waals surface area contributed by atoms with E-state index in [4.69, 9.17) is 9.47 Å². The number of hydrogen-bond donors (Lipinski definition) is 1. The first kappa shape index (κ1) is 24.6. The van der Waals surface area contributed by atoms with Crippen LogP contribution >= 0.6 is 0 Å². The Morgan fingerprint density at radius 1 is 1.14 bits per heavy atom. The van der Waals surface area contributed by atoms with Gasteiger partial charge in [0.1, 0.15) is 24.2 Å². The summed E-state index contributed by atoms with van der Waals surface area (Å²) >= 11 is 0. The van der Waals surface area contributed by atoms with Crippen molar-refractivity contribution in [3.63, 3.8) is 0 Å². The van der Waals surface area contributed by atoms with Gasteiger partial charge in [0, 0.05) is 45.7 Å². The summed E-state index contributed by atoms with van der Waals surface area (Å²) < 4.78 is 12.0. The Bertz CT molecular complexity index is 1110. The van der Waals surface area contributed by atoms with E-state index >= 15 is 0 Å². The number of ether oxygens (including phenoxy) is 2. The first-order chi connectivity index (χ1) is 17.5. The molecule has 0 saturated carbocycles. The van der Waals surface area contributed by atoms with E-state index in [2.05, 4.69) is 29.2 Å². The molecule has 2 aromatic carbocycles. The lowest BCUT2D eigenvalue weighted by Gasteiger charge is -2.32. The number of hydrogen-bond acceptors (Lipinski definition) is 6. The van der Waals surface area contributed by atoms with Crippen LogP contribution in [0.3, 0.4) is 0 Å². The predicted octanol–water partition coefficient (Wildman–Crippen LogP) is 2.33. The molecule has 36 heavy (non-hydrogen) atoms. The van der Waals surface area contributed by atoms with Crippen molar-refractivity contribution in [3.8, 4) is 11.5 Å². The van der Waals surface area contributed by atoms with Gasteiger partial charge in [-0.05, 0) is 42.5 Å². The monoisotopic (exact) mass is 493 g/mol. The van der Waals surface area contributed by atoms with E-state index < -0.39 is 6.10 Å². The fourth-order valence-corrected chi connectivity index (χ4v) is 5.42. The van der Waals surface area contributed by atoms with Gasteiger partial charge >= 0.3 is 0 Å². The highest BCUT2D eigenvalue weighted by molar-refractivity contribution is 5.97. The number of β-amino-alcohol motifs (C(OH)–C–C–N with tert-alkyl or cyclic N) is 1. The van der Waals surface area contributed by atoms with Crippen molar-refractivity contribution in [2.24, 2.45) is 0 Å². The Kier molecular flexibility index (Phi) is 7.43. The SMILES string of the molecule is CC(=O)N1CCCC(Oc2ccc3c(c2)OCCN(CC(O)CN2CCc4ccccc4C2)C3=O)C1. The van der Waals surface area contributed by atoms with Crippen molar-refractivity contribution < 1.29 is 24.2 Å². The van der Waals surface area contributed by atoms with E-state index in [0.717, 1.165) is 38.9 Å². The molecule has 0 aliphatic carbocycles. The summed E-state index contributed by atoms with van der Waals surface area (Å²) in [6, 6.07) is 13.7. The number of aliphatic hydroxyl groups excluding tert-OH is 1. The zero-order valence-corrected chi connectivity index (χ0v) is 20.9. The first-order valence-corrected chi connectivity index (χ1v) is 12.9. The van der Waals surface area contributed by atoms with Gasteiger partial charge < -0.3 is 24.4 Å². The lowest BCUT2D eigenvalue weighted by molar-refractivity contribution is -0.131. The second-order valence-corrected chi connectivity index (χ2v) is 10.0. The molecular formula is C28H35N3O5. The number of likely N-dealkylation sites (tertiary alicyclic amines) is 1. The minimum absolute atomic E-state index is 0.0616. The van der Waals surface area contributed by atoms with Gasteiger partial charge in [0.2, 0.25) is 5.91 Å². The van der Waals surface area contributed by atoms with Gasteiger partial charge in [0.25, 0.3) is 5.91 Å². The maximum absolute atomic E-state index is 13.3. The number of fused-ring (bicyclic) bond motifs is 2. The Hall–Kier alpha value is -3.10. The molecule has 3 aliphatic heterocycles. The molecule has 2 amide bonds. The van der Waals surface area contributed by atoms with E-state index in [-0.39, 0.29) is 24.5 Å². The van der Waals surface area contributed by atoms with Crippen LogP contribution in [0.5, 0.6) is 11.5 Å². The second-order valence-electron chi connectivity index (χ2n) is 10.0. The largest absolute Gasteiger partial charge is 0.491 e. The summed E-state index contributed by atoms with van der Waals surface area (Å²) in [5, 5.41) is 10.8. The van der Waals surface area contributed by atoms with Gasteiger partial charge in [-0.1, -0.05) is 24.3 Å². The Morgan fingerprint density at radius 2 is 1.97 bits per heavy atom. The van der Waals surface area contributed by atoms with Crippen LogP contribution in [0.1, 0.15) is 41.3 Å². The summed E-state index contributed by atoms with van der Waals surface area (Å²) in [6.07, 6.45) is 2.06. The number of benzene rings is 2. The number of nitrogens with zero attached hydrogens (tertiary/aromatic N) is 3. The molecule has 1 N–H and O–H groups in total. The molecule has 8 heteroatoms. The average molecular weight is 494 g/mol. The van der Waals surface area contributed by atoms with Crippen molar-refractivity contribution in [1.82, 2.24) is 14.7 Å². The zero-order valence-electron chi connectivity index (χ0n) is 20.9. The van der Waals surface area contributed by atoms with Crippen LogP contribution in [0.4, 0.5) is 0 Å². The van der Waals surface area contributed by atoms with Crippen LogP contribution in [0.25, 0.3) is 0 Å². The molecule has 1 saturated heterocycles. The number of piperidine rings is 1. The van der Waals surface area contributed by atoms with Gasteiger partial charge in [-0.15, -0.1) is 0 Å². The number of carbonyl (C=O) groups excluding carboxylic acids is 2. The zero-order chi connectivity index (χ0) is 25.1. The summed E-state index contributed by atoms with van der Waals surface area (Å²) in [5.74, 6) is 1.06. The molecule has 2 atom stereocenters. The lowest BCUT2D eigenvalue weighted by atomic mass is 10.00. The first-order valence-electron chi connectivity index (χ1n) is 12.9. The van der Waals surface area contributed by atoms with Crippen molar-refractivity contribution >= 4 is 11.8 Å². The predicted molar refractivity (Wildman–Crippen MR) is 135 cm³/mol. The molecule has 0 spiro atoms. The van der Waals surface area contributed by atoms with Crippen LogP contribution in [0.2, 0.25) is 0 Å². The lowest BCUT2D eigenvalue weighted by Crippen LogP contribution is -2.44. The summed E-state index contributed by atoms with van der Waals surface area (Å²) in [6.45, 7) is 6.21. The number of aliphatic hydroxyl groups is 1. The quantitative estimate of drug-likeness (QED) is 0.665. The third kappa shape index (κ3) is 5.65.